The van der Waals surface area contributed by atoms with Crippen LogP contribution in [0.15, 0.2) is 48.7 Å². The van der Waals surface area contributed by atoms with Gasteiger partial charge in [-0.25, -0.2) is 4.79 Å². The summed E-state index contributed by atoms with van der Waals surface area (Å²) in [5.41, 5.74) is 2.98. The van der Waals surface area contributed by atoms with Crippen molar-refractivity contribution in [1.29, 1.82) is 0 Å². The molecule has 1 heterocycles. The van der Waals surface area contributed by atoms with E-state index in [-0.39, 0.29) is 0 Å². The van der Waals surface area contributed by atoms with Gasteiger partial charge in [0.25, 0.3) is 0 Å². The van der Waals surface area contributed by atoms with Crippen LogP contribution in [0.5, 0.6) is 0 Å². The number of anilines is 4. The van der Waals surface area contributed by atoms with Gasteiger partial charge in [0.1, 0.15) is 0 Å². The first-order chi connectivity index (χ1) is 12.5. The van der Waals surface area contributed by atoms with Crippen LogP contribution in [0.25, 0.3) is 0 Å². The predicted molar refractivity (Wildman–Crippen MR) is 100 cm³/mol. The number of esters is 1. The van der Waals surface area contributed by atoms with Crippen molar-refractivity contribution in [3.8, 4) is 0 Å². The Balaban J connectivity index is 1.72. The molecule has 3 aromatic rings. The first-order valence-corrected chi connectivity index (χ1v) is 8.11. The van der Waals surface area contributed by atoms with Crippen molar-refractivity contribution in [2.24, 2.45) is 0 Å². The van der Waals surface area contributed by atoms with Crippen molar-refractivity contribution in [1.82, 2.24) is 15.2 Å². The molecule has 1 aromatic heterocycles. The highest BCUT2D eigenvalue weighted by molar-refractivity contribution is 6.31. The summed E-state index contributed by atoms with van der Waals surface area (Å²) < 4.78 is 4.67. The fourth-order valence-electron chi connectivity index (χ4n) is 2.17. The van der Waals surface area contributed by atoms with Gasteiger partial charge in [-0.1, -0.05) is 17.7 Å². The van der Waals surface area contributed by atoms with E-state index in [0.717, 1.165) is 16.9 Å². The molecule has 0 unspecified atom stereocenters. The van der Waals surface area contributed by atoms with Crippen LogP contribution in [-0.4, -0.2) is 28.3 Å². The van der Waals surface area contributed by atoms with Crippen LogP contribution in [0.2, 0.25) is 5.02 Å². The first-order valence-electron chi connectivity index (χ1n) is 7.73. The molecule has 0 bridgehead atoms. The molecular formula is C18H16ClN5O2. The fraction of sp³-hybridized carbons (Fsp3) is 0.111. The topological polar surface area (TPSA) is 89.0 Å². The third-order valence-corrected chi connectivity index (χ3v) is 3.97. The molecule has 0 aliphatic carbocycles. The zero-order valence-corrected chi connectivity index (χ0v) is 14.9. The normalized spacial score (nSPS) is 10.3. The zero-order valence-electron chi connectivity index (χ0n) is 14.2. The molecule has 132 valence electrons. The molecular weight excluding hydrogens is 354 g/mol. The van der Waals surface area contributed by atoms with Crippen molar-refractivity contribution in [3.05, 3.63) is 64.8 Å². The summed E-state index contributed by atoms with van der Waals surface area (Å²) in [4.78, 5) is 15.8. The largest absolute Gasteiger partial charge is 0.465 e. The van der Waals surface area contributed by atoms with Gasteiger partial charge >= 0.3 is 5.97 Å². The van der Waals surface area contributed by atoms with E-state index in [2.05, 4.69) is 30.6 Å². The minimum atomic E-state index is -0.391. The Morgan fingerprint density at radius 2 is 1.81 bits per heavy atom. The number of ether oxygens (including phenoxy) is 1. The van der Waals surface area contributed by atoms with Crippen LogP contribution in [0, 0.1) is 6.92 Å². The minimum absolute atomic E-state index is 0.319. The van der Waals surface area contributed by atoms with Gasteiger partial charge in [-0.3, -0.25) is 0 Å². The summed E-state index contributed by atoms with van der Waals surface area (Å²) in [6.45, 7) is 1.94. The molecule has 0 radical (unpaired) electrons. The summed E-state index contributed by atoms with van der Waals surface area (Å²) >= 11 is 6.13. The molecule has 0 saturated carbocycles. The number of hydrogen-bond donors (Lipinski definition) is 2. The van der Waals surface area contributed by atoms with E-state index >= 15 is 0 Å². The maximum atomic E-state index is 11.5. The van der Waals surface area contributed by atoms with Crippen LogP contribution < -0.4 is 10.6 Å². The number of aryl methyl sites for hydroxylation is 1. The number of carbonyl (C=O) groups excluding carboxylic acids is 1. The maximum Gasteiger partial charge on any atom is 0.337 e. The molecule has 8 heteroatoms. The Morgan fingerprint density at radius 3 is 2.50 bits per heavy atom. The van der Waals surface area contributed by atoms with Crippen molar-refractivity contribution in [2.45, 2.75) is 6.92 Å². The number of benzene rings is 2. The molecule has 0 fully saturated rings. The maximum absolute atomic E-state index is 11.5. The minimum Gasteiger partial charge on any atom is -0.465 e. The predicted octanol–water partition coefficient (Wildman–Crippen LogP) is 4.11. The molecule has 26 heavy (non-hydrogen) atoms. The quantitative estimate of drug-likeness (QED) is 0.654. The Bertz CT molecular complexity index is 931. The van der Waals surface area contributed by atoms with Crippen LogP contribution in [0.1, 0.15) is 15.9 Å². The molecule has 7 nitrogen and oxygen atoms in total. The second-order valence-corrected chi connectivity index (χ2v) is 5.86. The third kappa shape index (κ3) is 4.25. The monoisotopic (exact) mass is 369 g/mol. The average Bonchev–Trinajstić information content (AvgIpc) is 2.65. The number of nitrogens with one attached hydrogen (secondary N) is 2. The molecule has 0 spiro atoms. The number of hydrogen-bond acceptors (Lipinski definition) is 7. The second kappa shape index (κ2) is 7.79. The van der Waals surface area contributed by atoms with Crippen LogP contribution in [0.3, 0.4) is 0 Å². The van der Waals surface area contributed by atoms with Gasteiger partial charge in [0.05, 0.1) is 18.9 Å². The lowest BCUT2D eigenvalue weighted by Crippen LogP contribution is -2.03. The van der Waals surface area contributed by atoms with E-state index in [0.29, 0.717) is 22.4 Å². The summed E-state index contributed by atoms with van der Waals surface area (Å²) in [6, 6.07) is 12.4. The number of rotatable bonds is 5. The zero-order chi connectivity index (χ0) is 18.5. The van der Waals surface area contributed by atoms with Gasteiger partial charge < -0.3 is 15.4 Å². The highest BCUT2D eigenvalue weighted by atomic mass is 35.5. The van der Waals surface area contributed by atoms with Gasteiger partial charge in [0.2, 0.25) is 5.95 Å². The summed E-state index contributed by atoms with van der Waals surface area (Å²) in [7, 11) is 1.34. The van der Waals surface area contributed by atoms with E-state index in [9.17, 15) is 4.79 Å². The number of halogens is 1. The number of aromatic nitrogens is 3. The lowest BCUT2D eigenvalue weighted by atomic mass is 10.2. The summed E-state index contributed by atoms with van der Waals surface area (Å²) in [5.74, 6) is 0.449. The average molecular weight is 370 g/mol. The molecule has 0 aliphatic heterocycles. The SMILES string of the molecule is COC(=O)c1ccc(Nc2nncc(Nc3ccc(C)c(Cl)c3)n2)cc1. The fourth-order valence-corrected chi connectivity index (χ4v) is 2.35. The van der Waals surface area contributed by atoms with Crippen LogP contribution in [-0.2, 0) is 4.74 Å². The van der Waals surface area contributed by atoms with E-state index in [4.69, 9.17) is 11.6 Å². The molecule has 0 amide bonds. The highest BCUT2D eigenvalue weighted by Crippen LogP contribution is 2.22. The number of carbonyl (C=O) groups is 1. The molecule has 2 N–H and O–H groups in total. The summed E-state index contributed by atoms with van der Waals surface area (Å²) in [6.07, 6.45) is 1.51. The number of methoxy groups -OCH3 is 1. The Labute approximate surface area is 155 Å². The van der Waals surface area contributed by atoms with E-state index < -0.39 is 5.97 Å². The van der Waals surface area contributed by atoms with Crippen molar-refractivity contribution >= 4 is 40.7 Å². The molecule has 0 atom stereocenters. The Kier molecular flexibility index (Phi) is 5.28. The van der Waals surface area contributed by atoms with Crippen molar-refractivity contribution in [2.75, 3.05) is 17.7 Å². The summed E-state index contributed by atoms with van der Waals surface area (Å²) in [5, 5.41) is 14.7. The van der Waals surface area contributed by atoms with Crippen molar-refractivity contribution < 1.29 is 9.53 Å². The third-order valence-electron chi connectivity index (χ3n) is 3.57. The van der Waals surface area contributed by atoms with E-state index in [1.54, 1.807) is 24.3 Å². The Morgan fingerprint density at radius 1 is 1.08 bits per heavy atom. The molecule has 0 aliphatic rings. The van der Waals surface area contributed by atoms with Gasteiger partial charge in [-0.2, -0.15) is 10.1 Å². The van der Waals surface area contributed by atoms with Gasteiger partial charge in [-0.05, 0) is 48.9 Å². The molecule has 2 aromatic carbocycles. The first kappa shape index (κ1) is 17.6. The second-order valence-electron chi connectivity index (χ2n) is 5.45. The smallest absolute Gasteiger partial charge is 0.337 e. The van der Waals surface area contributed by atoms with Gasteiger partial charge in [-0.15, -0.1) is 5.10 Å². The molecule has 0 saturated heterocycles. The van der Waals surface area contributed by atoms with Gasteiger partial charge in [0, 0.05) is 16.4 Å². The van der Waals surface area contributed by atoms with E-state index in [1.807, 2.05) is 25.1 Å². The van der Waals surface area contributed by atoms with Crippen LogP contribution >= 0.6 is 11.6 Å². The Hall–Kier alpha value is -3.19. The lowest BCUT2D eigenvalue weighted by molar-refractivity contribution is 0.0601. The highest BCUT2D eigenvalue weighted by Gasteiger charge is 2.06. The van der Waals surface area contributed by atoms with E-state index in [1.165, 1.54) is 13.3 Å². The van der Waals surface area contributed by atoms with Crippen molar-refractivity contribution in [3.63, 3.8) is 0 Å². The molecule has 3 rings (SSSR count). The van der Waals surface area contributed by atoms with Gasteiger partial charge in [0.15, 0.2) is 5.82 Å². The number of nitrogens with zero attached hydrogens (tertiary/aromatic N) is 3. The lowest BCUT2D eigenvalue weighted by Gasteiger charge is -2.09. The van der Waals surface area contributed by atoms with Crippen LogP contribution in [0.4, 0.5) is 23.1 Å². The standard InChI is InChI=1S/C18H16ClN5O2/c1-11-3-6-14(9-15(11)19)21-16-10-20-24-18(23-16)22-13-7-4-12(5-8-13)17(25)26-2/h3-10H,1-2H3,(H2,21,22,23,24).